The molecule has 2 rings (SSSR count). The molecule has 1 saturated heterocycles. The summed E-state index contributed by atoms with van der Waals surface area (Å²) in [5.41, 5.74) is 0.999. The summed E-state index contributed by atoms with van der Waals surface area (Å²) in [6.07, 6.45) is 0.122. The minimum Gasteiger partial charge on any atom is -0.375 e. The lowest BCUT2D eigenvalue weighted by Gasteiger charge is -2.31. The van der Waals surface area contributed by atoms with E-state index >= 15 is 0 Å². The Kier molecular flexibility index (Phi) is 3.96. The molecule has 17 heavy (non-hydrogen) atoms. The highest BCUT2D eigenvalue weighted by Crippen LogP contribution is 2.09. The molecule has 0 saturated carbocycles. The predicted molar refractivity (Wildman–Crippen MR) is 66.1 cm³/mol. The van der Waals surface area contributed by atoms with Gasteiger partial charge in [0.15, 0.2) is 0 Å². The zero-order valence-electron chi connectivity index (χ0n) is 10.1. The van der Waals surface area contributed by atoms with Gasteiger partial charge in [0.1, 0.15) is 5.01 Å². The molecule has 1 atom stereocenters. The van der Waals surface area contributed by atoms with Gasteiger partial charge in [-0.1, -0.05) is 0 Å². The number of aryl methyl sites for hydroxylation is 1. The van der Waals surface area contributed by atoms with Gasteiger partial charge in [0, 0.05) is 24.2 Å². The van der Waals surface area contributed by atoms with Crippen LogP contribution in [-0.2, 0) is 11.3 Å². The molecule has 2 amide bonds. The number of carbonyl (C=O) groups excluding carboxylic acids is 1. The first-order valence-electron chi connectivity index (χ1n) is 5.70. The standard InChI is InChI=1S/C11H17N3O2S/c1-8-7-17-10(13-8)5-12-11(15)14-3-4-16-9(2)6-14/h7,9H,3-6H2,1-2H3,(H,12,15)/t9-/m0/s1. The molecule has 0 bridgehead atoms. The molecule has 0 aromatic carbocycles. The molecule has 1 fully saturated rings. The molecular formula is C11H17N3O2S. The van der Waals surface area contributed by atoms with Crippen LogP contribution in [0, 0.1) is 6.92 Å². The van der Waals surface area contributed by atoms with Crippen LogP contribution in [0.4, 0.5) is 4.79 Å². The van der Waals surface area contributed by atoms with Gasteiger partial charge in [0.25, 0.3) is 0 Å². The van der Waals surface area contributed by atoms with Crippen molar-refractivity contribution >= 4 is 17.4 Å². The van der Waals surface area contributed by atoms with Gasteiger partial charge in [-0.05, 0) is 13.8 Å². The lowest BCUT2D eigenvalue weighted by molar-refractivity contribution is -0.00351. The fourth-order valence-electron chi connectivity index (χ4n) is 1.75. The monoisotopic (exact) mass is 255 g/mol. The van der Waals surface area contributed by atoms with Crippen molar-refractivity contribution in [2.75, 3.05) is 19.7 Å². The summed E-state index contributed by atoms with van der Waals surface area (Å²) in [6.45, 7) is 6.36. The third-order valence-electron chi connectivity index (χ3n) is 2.59. The number of rotatable bonds is 2. The average molecular weight is 255 g/mol. The first-order valence-corrected chi connectivity index (χ1v) is 6.58. The maximum Gasteiger partial charge on any atom is 0.317 e. The maximum atomic E-state index is 11.9. The van der Waals surface area contributed by atoms with Crippen LogP contribution in [0.2, 0.25) is 0 Å². The van der Waals surface area contributed by atoms with Gasteiger partial charge >= 0.3 is 6.03 Å². The van der Waals surface area contributed by atoms with E-state index in [1.807, 2.05) is 19.2 Å². The summed E-state index contributed by atoms with van der Waals surface area (Å²) < 4.78 is 5.39. The van der Waals surface area contributed by atoms with E-state index in [2.05, 4.69) is 10.3 Å². The number of hydrogen-bond donors (Lipinski definition) is 1. The maximum absolute atomic E-state index is 11.9. The van der Waals surface area contributed by atoms with Crippen molar-refractivity contribution in [1.29, 1.82) is 0 Å². The van der Waals surface area contributed by atoms with Crippen LogP contribution >= 0.6 is 11.3 Å². The van der Waals surface area contributed by atoms with E-state index < -0.39 is 0 Å². The molecular weight excluding hydrogens is 238 g/mol. The van der Waals surface area contributed by atoms with Gasteiger partial charge < -0.3 is 15.0 Å². The van der Waals surface area contributed by atoms with E-state index in [-0.39, 0.29) is 12.1 Å². The summed E-state index contributed by atoms with van der Waals surface area (Å²) in [5.74, 6) is 0. The Morgan fingerprint density at radius 3 is 3.24 bits per heavy atom. The summed E-state index contributed by atoms with van der Waals surface area (Å²) in [6, 6.07) is -0.0343. The first-order chi connectivity index (χ1) is 8.15. The lowest BCUT2D eigenvalue weighted by Crippen LogP contribution is -2.48. The number of carbonyl (C=O) groups is 1. The highest BCUT2D eigenvalue weighted by atomic mass is 32.1. The second kappa shape index (κ2) is 5.46. The Morgan fingerprint density at radius 1 is 1.76 bits per heavy atom. The third kappa shape index (κ3) is 3.41. The fraction of sp³-hybridized carbons (Fsp3) is 0.636. The minimum atomic E-state index is -0.0343. The molecule has 0 radical (unpaired) electrons. The number of hydrogen-bond acceptors (Lipinski definition) is 4. The van der Waals surface area contributed by atoms with Gasteiger partial charge in [-0.25, -0.2) is 9.78 Å². The highest BCUT2D eigenvalue weighted by Gasteiger charge is 2.21. The van der Waals surface area contributed by atoms with Gasteiger partial charge in [0.2, 0.25) is 0 Å². The number of nitrogens with zero attached hydrogens (tertiary/aromatic N) is 2. The van der Waals surface area contributed by atoms with Crippen LogP contribution in [0.1, 0.15) is 17.6 Å². The van der Waals surface area contributed by atoms with Crippen molar-refractivity contribution in [2.45, 2.75) is 26.5 Å². The molecule has 1 aromatic heterocycles. The van der Waals surface area contributed by atoms with Gasteiger partial charge in [-0.15, -0.1) is 11.3 Å². The smallest absolute Gasteiger partial charge is 0.317 e. The number of aromatic nitrogens is 1. The van der Waals surface area contributed by atoms with Crippen LogP contribution in [-0.4, -0.2) is 41.7 Å². The summed E-state index contributed by atoms with van der Waals surface area (Å²) in [5, 5.41) is 5.81. The summed E-state index contributed by atoms with van der Waals surface area (Å²) in [4.78, 5) is 17.9. The van der Waals surface area contributed by atoms with Gasteiger partial charge in [-0.3, -0.25) is 0 Å². The van der Waals surface area contributed by atoms with Gasteiger partial charge in [0.05, 0.1) is 19.3 Å². The largest absolute Gasteiger partial charge is 0.375 e. The number of thiazole rings is 1. The predicted octanol–water partition coefficient (Wildman–Crippen LogP) is 1.38. The van der Waals surface area contributed by atoms with Crippen LogP contribution in [0.25, 0.3) is 0 Å². The Morgan fingerprint density at radius 2 is 2.59 bits per heavy atom. The molecule has 0 spiro atoms. The SMILES string of the molecule is Cc1csc(CNC(=O)N2CCO[C@@H](C)C2)n1. The number of ether oxygens (including phenoxy) is 1. The second-order valence-corrected chi connectivity index (χ2v) is 5.11. The van der Waals surface area contributed by atoms with Crippen molar-refractivity contribution in [3.63, 3.8) is 0 Å². The molecule has 94 valence electrons. The topological polar surface area (TPSA) is 54.5 Å². The first kappa shape index (κ1) is 12.3. The average Bonchev–Trinajstić information content (AvgIpc) is 2.72. The van der Waals surface area contributed by atoms with E-state index in [4.69, 9.17) is 4.74 Å². The van der Waals surface area contributed by atoms with Crippen LogP contribution < -0.4 is 5.32 Å². The Balaban J connectivity index is 1.80. The Bertz CT molecular complexity index is 394. The molecule has 0 aliphatic carbocycles. The van der Waals surface area contributed by atoms with E-state index in [0.29, 0.717) is 26.2 Å². The molecule has 0 unspecified atom stereocenters. The van der Waals surface area contributed by atoms with Crippen LogP contribution in [0.15, 0.2) is 5.38 Å². The van der Waals surface area contributed by atoms with Crippen molar-refractivity contribution < 1.29 is 9.53 Å². The molecule has 6 heteroatoms. The molecule has 1 aliphatic heterocycles. The molecule has 5 nitrogen and oxygen atoms in total. The molecule has 1 aliphatic rings. The van der Waals surface area contributed by atoms with Crippen LogP contribution in [0.3, 0.4) is 0 Å². The Hall–Kier alpha value is -1.14. The van der Waals surface area contributed by atoms with E-state index in [0.717, 1.165) is 10.7 Å². The number of morpholine rings is 1. The van der Waals surface area contributed by atoms with E-state index in [1.165, 1.54) is 0 Å². The van der Waals surface area contributed by atoms with Gasteiger partial charge in [-0.2, -0.15) is 0 Å². The number of amides is 2. The third-order valence-corrected chi connectivity index (χ3v) is 3.55. The number of nitrogens with one attached hydrogen (secondary N) is 1. The fourth-order valence-corrected chi connectivity index (χ4v) is 2.46. The van der Waals surface area contributed by atoms with Crippen molar-refractivity contribution in [2.24, 2.45) is 0 Å². The molecule has 1 aromatic rings. The highest BCUT2D eigenvalue weighted by molar-refractivity contribution is 7.09. The number of urea groups is 1. The molecule has 2 heterocycles. The second-order valence-electron chi connectivity index (χ2n) is 4.17. The zero-order chi connectivity index (χ0) is 12.3. The quantitative estimate of drug-likeness (QED) is 0.868. The van der Waals surface area contributed by atoms with Crippen molar-refractivity contribution in [3.8, 4) is 0 Å². The van der Waals surface area contributed by atoms with Crippen molar-refractivity contribution in [1.82, 2.24) is 15.2 Å². The van der Waals surface area contributed by atoms with Crippen LogP contribution in [0.5, 0.6) is 0 Å². The lowest BCUT2D eigenvalue weighted by atomic mass is 10.3. The van der Waals surface area contributed by atoms with E-state index in [9.17, 15) is 4.79 Å². The summed E-state index contributed by atoms with van der Waals surface area (Å²) >= 11 is 1.57. The summed E-state index contributed by atoms with van der Waals surface area (Å²) in [7, 11) is 0. The Labute approximate surface area is 105 Å². The van der Waals surface area contributed by atoms with Crippen molar-refractivity contribution in [3.05, 3.63) is 16.1 Å². The van der Waals surface area contributed by atoms with E-state index in [1.54, 1.807) is 16.2 Å². The molecule has 1 N–H and O–H groups in total. The zero-order valence-corrected chi connectivity index (χ0v) is 10.9. The normalized spacial score (nSPS) is 20.4. The minimum absolute atomic E-state index is 0.0343.